The largest absolute Gasteiger partial charge is 0.495 e. The summed E-state index contributed by atoms with van der Waals surface area (Å²) in [4.78, 5) is 17.4. The molecule has 1 aromatic heterocycles. The lowest BCUT2D eigenvalue weighted by atomic mass is 10.2. The van der Waals surface area contributed by atoms with E-state index in [1.54, 1.807) is 38.6 Å². The van der Waals surface area contributed by atoms with Crippen LogP contribution >= 0.6 is 15.9 Å². The molecule has 0 spiro atoms. The van der Waals surface area contributed by atoms with Gasteiger partial charge in [0.1, 0.15) is 21.5 Å². The lowest BCUT2D eigenvalue weighted by Crippen LogP contribution is -2.28. The quantitative estimate of drug-likeness (QED) is 0.820. The predicted octanol–water partition coefficient (Wildman–Crippen LogP) is 3.27. The first kappa shape index (κ1) is 17.3. The van der Waals surface area contributed by atoms with E-state index < -0.39 is 0 Å². The molecule has 0 atom stereocenters. The number of ether oxygens (including phenoxy) is 2. The van der Waals surface area contributed by atoms with E-state index in [9.17, 15) is 4.79 Å². The summed E-state index contributed by atoms with van der Waals surface area (Å²) in [6.07, 6.45) is 1.70. The van der Waals surface area contributed by atoms with E-state index in [0.717, 1.165) is 0 Å². The van der Waals surface area contributed by atoms with Gasteiger partial charge < -0.3 is 9.47 Å². The molecule has 0 saturated heterocycles. The SMILES string of the molecule is COc1cc(C(=O)n2ccccc2=NC(C)C)cc(OC)c1Br. The number of rotatable bonds is 4. The molecule has 0 bridgehead atoms. The molecule has 0 unspecified atom stereocenters. The highest BCUT2D eigenvalue weighted by molar-refractivity contribution is 9.10. The maximum absolute atomic E-state index is 12.9. The molecule has 0 aliphatic carbocycles. The highest BCUT2D eigenvalue weighted by Gasteiger charge is 2.16. The van der Waals surface area contributed by atoms with Crippen molar-refractivity contribution in [2.75, 3.05) is 14.2 Å². The van der Waals surface area contributed by atoms with Gasteiger partial charge in [0.05, 0.1) is 14.2 Å². The van der Waals surface area contributed by atoms with Gasteiger partial charge in [-0.1, -0.05) is 6.07 Å². The summed E-state index contributed by atoms with van der Waals surface area (Å²) < 4.78 is 12.8. The molecule has 2 aromatic rings. The molecule has 0 aliphatic rings. The second kappa shape index (κ2) is 7.46. The number of methoxy groups -OCH3 is 2. The number of hydrogen-bond acceptors (Lipinski definition) is 4. The van der Waals surface area contributed by atoms with E-state index >= 15 is 0 Å². The number of hydrogen-bond donors (Lipinski definition) is 0. The van der Waals surface area contributed by atoms with Crippen LogP contribution in [0, 0.1) is 0 Å². The molecule has 0 saturated carbocycles. The van der Waals surface area contributed by atoms with Crippen LogP contribution < -0.4 is 15.0 Å². The molecule has 2 rings (SSSR count). The summed E-state index contributed by atoms with van der Waals surface area (Å²) in [5, 5.41) is 0. The normalized spacial score (nSPS) is 11.7. The fraction of sp³-hybridized carbons (Fsp3) is 0.294. The molecule has 5 nitrogen and oxygen atoms in total. The Labute approximate surface area is 143 Å². The Morgan fingerprint density at radius 2 is 1.78 bits per heavy atom. The van der Waals surface area contributed by atoms with E-state index in [1.807, 2.05) is 26.0 Å². The van der Waals surface area contributed by atoms with Crippen LogP contribution in [0.4, 0.5) is 0 Å². The zero-order chi connectivity index (χ0) is 17.0. The lowest BCUT2D eigenvalue weighted by Gasteiger charge is -2.12. The summed E-state index contributed by atoms with van der Waals surface area (Å²) in [7, 11) is 3.09. The summed E-state index contributed by atoms with van der Waals surface area (Å²) in [6, 6.07) is 8.90. The lowest BCUT2D eigenvalue weighted by molar-refractivity contribution is 0.0954. The molecule has 0 fully saturated rings. The van der Waals surface area contributed by atoms with Crippen molar-refractivity contribution >= 4 is 21.8 Å². The van der Waals surface area contributed by atoms with Gasteiger partial charge in [0, 0.05) is 17.8 Å². The minimum Gasteiger partial charge on any atom is -0.495 e. The van der Waals surface area contributed by atoms with Gasteiger partial charge in [0.15, 0.2) is 0 Å². The molecule has 1 aromatic carbocycles. The van der Waals surface area contributed by atoms with Crippen molar-refractivity contribution in [1.29, 1.82) is 0 Å². The Morgan fingerprint density at radius 1 is 1.17 bits per heavy atom. The van der Waals surface area contributed by atoms with Crippen LogP contribution in [0.15, 0.2) is 46.0 Å². The maximum atomic E-state index is 12.9. The molecule has 0 amide bonds. The van der Waals surface area contributed by atoms with E-state index in [1.165, 1.54) is 4.57 Å². The number of halogens is 1. The Balaban J connectivity index is 2.58. The highest BCUT2D eigenvalue weighted by atomic mass is 79.9. The number of carbonyl (C=O) groups is 1. The van der Waals surface area contributed by atoms with Crippen molar-refractivity contribution in [3.05, 3.63) is 52.1 Å². The summed E-state index contributed by atoms with van der Waals surface area (Å²) >= 11 is 3.40. The van der Waals surface area contributed by atoms with Crippen molar-refractivity contribution in [1.82, 2.24) is 4.57 Å². The second-order valence-electron chi connectivity index (χ2n) is 5.15. The molecule has 1 heterocycles. The Kier molecular flexibility index (Phi) is 5.60. The fourth-order valence-electron chi connectivity index (χ4n) is 2.11. The van der Waals surface area contributed by atoms with Gasteiger partial charge >= 0.3 is 0 Å². The van der Waals surface area contributed by atoms with Crippen molar-refractivity contribution in [2.45, 2.75) is 19.9 Å². The number of benzene rings is 1. The third-order valence-corrected chi connectivity index (χ3v) is 3.92. The van der Waals surface area contributed by atoms with E-state index in [-0.39, 0.29) is 11.9 Å². The molecular weight excluding hydrogens is 360 g/mol. The molecule has 0 aliphatic heterocycles. The van der Waals surface area contributed by atoms with Crippen molar-refractivity contribution < 1.29 is 14.3 Å². The van der Waals surface area contributed by atoms with Crippen LogP contribution in [0.2, 0.25) is 0 Å². The van der Waals surface area contributed by atoms with Crippen LogP contribution in [-0.4, -0.2) is 30.7 Å². The molecule has 0 radical (unpaired) electrons. The Bertz CT molecular complexity index is 756. The smallest absolute Gasteiger partial charge is 0.263 e. The van der Waals surface area contributed by atoms with Crippen LogP contribution in [0.3, 0.4) is 0 Å². The van der Waals surface area contributed by atoms with Gasteiger partial charge in [-0.3, -0.25) is 14.4 Å². The summed E-state index contributed by atoms with van der Waals surface area (Å²) in [6.45, 7) is 3.93. The molecule has 6 heteroatoms. The van der Waals surface area contributed by atoms with E-state index in [2.05, 4.69) is 20.9 Å². The zero-order valence-electron chi connectivity index (χ0n) is 13.5. The third-order valence-electron chi connectivity index (χ3n) is 3.14. The van der Waals surface area contributed by atoms with Crippen molar-refractivity contribution in [3.63, 3.8) is 0 Å². The summed E-state index contributed by atoms with van der Waals surface area (Å²) in [5.74, 6) is 0.868. The number of nitrogens with zero attached hydrogens (tertiary/aromatic N) is 2. The van der Waals surface area contributed by atoms with Gasteiger partial charge in [0.25, 0.3) is 5.91 Å². The maximum Gasteiger partial charge on any atom is 0.263 e. The topological polar surface area (TPSA) is 52.8 Å². The van der Waals surface area contributed by atoms with Gasteiger partial charge in [-0.25, -0.2) is 0 Å². The van der Waals surface area contributed by atoms with Crippen LogP contribution in [0.25, 0.3) is 0 Å². The van der Waals surface area contributed by atoms with E-state index in [4.69, 9.17) is 9.47 Å². The number of carbonyl (C=O) groups excluding carboxylic acids is 1. The van der Waals surface area contributed by atoms with Gasteiger partial charge in [-0.2, -0.15) is 0 Å². The molecule has 122 valence electrons. The first-order valence-corrected chi connectivity index (χ1v) is 7.95. The zero-order valence-corrected chi connectivity index (χ0v) is 15.1. The van der Waals surface area contributed by atoms with Gasteiger partial charge in [-0.05, 0) is 54.0 Å². The van der Waals surface area contributed by atoms with Gasteiger partial charge in [0.2, 0.25) is 0 Å². The third kappa shape index (κ3) is 3.82. The van der Waals surface area contributed by atoms with Crippen molar-refractivity contribution in [2.24, 2.45) is 4.99 Å². The molecule has 23 heavy (non-hydrogen) atoms. The Hall–Kier alpha value is -2.08. The van der Waals surface area contributed by atoms with Crippen molar-refractivity contribution in [3.8, 4) is 11.5 Å². The molecule has 0 N–H and O–H groups in total. The second-order valence-corrected chi connectivity index (χ2v) is 5.94. The predicted molar refractivity (Wildman–Crippen MR) is 92.1 cm³/mol. The Morgan fingerprint density at radius 3 is 2.30 bits per heavy atom. The minimum absolute atomic E-state index is 0.0884. The number of pyridine rings is 1. The van der Waals surface area contributed by atoms with E-state index in [0.29, 0.717) is 27.0 Å². The summed E-state index contributed by atoms with van der Waals surface area (Å²) in [5.41, 5.74) is 1.06. The number of aromatic nitrogens is 1. The molecular formula is C17H19BrN2O3. The van der Waals surface area contributed by atoms with Crippen LogP contribution in [-0.2, 0) is 0 Å². The minimum atomic E-state index is -0.200. The average Bonchev–Trinajstić information content (AvgIpc) is 2.54. The van der Waals surface area contributed by atoms with Crippen LogP contribution in [0.5, 0.6) is 11.5 Å². The van der Waals surface area contributed by atoms with Gasteiger partial charge in [-0.15, -0.1) is 0 Å². The standard InChI is InChI=1S/C17H19BrN2O3/c1-11(2)19-15-7-5-6-8-20(15)17(21)12-9-13(22-3)16(18)14(10-12)23-4/h5-11H,1-4H3. The monoisotopic (exact) mass is 378 g/mol. The highest BCUT2D eigenvalue weighted by Crippen LogP contribution is 2.35. The average molecular weight is 379 g/mol. The van der Waals surface area contributed by atoms with Crippen LogP contribution in [0.1, 0.15) is 24.2 Å². The first-order valence-electron chi connectivity index (χ1n) is 7.15. The fourth-order valence-corrected chi connectivity index (χ4v) is 2.66. The first-order chi connectivity index (χ1) is 11.0.